The summed E-state index contributed by atoms with van der Waals surface area (Å²) in [7, 11) is 0. The zero-order chi connectivity index (χ0) is 43.6. The second kappa shape index (κ2) is 15.0. The van der Waals surface area contributed by atoms with Crippen LogP contribution in [0.4, 0.5) is 79.0 Å². The first-order valence-corrected chi connectivity index (χ1v) is 16.1. The number of aliphatic hydroxyl groups is 1. The molecule has 0 aromatic heterocycles. The maximum atomic E-state index is 14.8. The van der Waals surface area contributed by atoms with E-state index in [0.717, 1.165) is 6.92 Å². The lowest BCUT2D eigenvalue weighted by molar-refractivity contribution is -0.563. The lowest BCUT2D eigenvalue weighted by Gasteiger charge is -2.50. The van der Waals surface area contributed by atoms with Gasteiger partial charge in [-0.3, -0.25) is 0 Å². The quantitative estimate of drug-likeness (QED) is 0.0729. The van der Waals surface area contributed by atoms with E-state index in [-0.39, 0.29) is 12.0 Å². The molecule has 25 heteroatoms. The smallest absolute Gasteiger partial charge is 0.429 e. The molecule has 0 aliphatic heterocycles. The summed E-state index contributed by atoms with van der Waals surface area (Å²) < 4.78 is 269. The van der Waals surface area contributed by atoms with Crippen LogP contribution in [0.2, 0.25) is 0 Å². The van der Waals surface area contributed by atoms with E-state index in [1.165, 1.54) is 6.92 Å². The summed E-state index contributed by atoms with van der Waals surface area (Å²) in [6, 6.07) is 0. The minimum absolute atomic E-state index is 0.146. The predicted octanol–water partition coefficient (Wildman–Crippen LogP) is 9.35. The summed E-state index contributed by atoms with van der Waals surface area (Å²) in [6.07, 6.45) is -57.3. The zero-order valence-electron chi connectivity index (χ0n) is 28.6. The van der Waals surface area contributed by atoms with Gasteiger partial charge in [0.2, 0.25) is 0 Å². The van der Waals surface area contributed by atoms with Gasteiger partial charge < -0.3 is 14.6 Å². The number of hydrogen-bond acceptors (Lipinski definition) is 7. The average Bonchev–Trinajstić information content (AvgIpc) is 3.56. The predicted molar refractivity (Wildman–Crippen MR) is 148 cm³/mol. The first-order valence-electron chi connectivity index (χ1n) is 16.1. The number of hydrogen-bond donors (Lipinski definition) is 1. The molecule has 0 aromatic rings. The number of alkyl halides is 18. The molecular weight excluding hydrogens is 826 g/mol. The first-order chi connectivity index (χ1) is 24.9. The highest BCUT2D eigenvalue weighted by molar-refractivity contribution is 5.87. The van der Waals surface area contributed by atoms with E-state index in [2.05, 4.69) is 27.7 Å². The molecule has 3 aliphatic carbocycles. The molecule has 0 heterocycles. The Hall–Kier alpha value is -2.96. The lowest BCUT2D eigenvalue weighted by Crippen LogP contribution is -2.69. The van der Waals surface area contributed by atoms with Crippen molar-refractivity contribution in [3.05, 3.63) is 24.3 Å². The fraction of sp³-hybridized carbons (Fsp3) is 0.806. The van der Waals surface area contributed by atoms with E-state index >= 15 is 0 Å². The molecule has 324 valence electrons. The third-order valence-electron chi connectivity index (χ3n) is 10.5. The van der Waals surface area contributed by atoms with Crippen LogP contribution in [-0.2, 0) is 28.8 Å². The van der Waals surface area contributed by atoms with Crippen LogP contribution in [0.15, 0.2) is 24.3 Å². The summed E-state index contributed by atoms with van der Waals surface area (Å²) in [5.74, 6) is -14.9. The van der Waals surface area contributed by atoms with Gasteiger partial charge in [-0.05, 0) is 70.1 Å². The highest BCUT2D eigenvalue weighted by atomic mass is 19.4. The van der Waals surface area contributed by atoms with Crippen LogP contribution in [0.25, 0.3) is 0 Å². The van der Waals surface area contributed by atoms with Crippen molar-refractivity contribution in [2.45, 2.75) is 125 Å². The number of esters is 2. The summed E-state index contributed by atoms with van der Waals surface area (Å²) in [5.41, 5.74) is -19.8. The van der Waals surface area contributed by atoms with Crippen molar-refractivity contribution < 1.29 is 113 Å². The molecule has 56 heavy (non-hydrogen) atoms. The minimum Gasteiger partial charge on any atom is -0.459 e. The Labute approximate surface area is 304 Å². The summed E-state index contributed by atoms with van der Waals surface area (Å²) in [4.78, 5) is 30.6. The van der Waals surface area contributed by atoms with Crippen LogP contribution in [-0.4, -0.2) is 83.1 Å². The Morgan fingerprint density at radius 2 is 1.00 bits per heavy atom. The van der Waals surface area contributed by atoms with E-state index in [1.54, 1.807) is 0 Å². The number of halogens is 18. The molecule has 0 aromatic carbocycles. The normalized spacial score (nSPS) is 27.3. The fourth-order valence-electron chi connectivity index (χ4n) is 7.70. The van der Waals surface area contributed by atoms with Crippen molar-refractivity contribution in [3.63, 3.8) is 0 Å². The Kier molecular flexibility index (Phi) is 12.7. The van der Waals surface area contributed by atoms with Crippen LogP contribution in [0, 0.1) is 29.6 Å². The molecule has 0 spiro atoms. The number of rotatable bonds is 11. The largest absolute Gasteiger partial charge is 0.459 e. The van der Waals surface area contributed by atoms with E-state index in [0.29, 0.717) is 0 Å². The first kappa shape index (κ1) is 47.4. The van der Waals surface area contributed by atoms with Crippen LogP contribution in [0.5, 0.6) is 0 Å². The maximum absolute atomic E-state index is 14.8. The fourth-order valence-corrected chi connectivity index (χ4v) is 7.70. The van der Waals surface area contributed by atoms with Gasteiger partial charge in [-0.2, -0.15) is 79.0 Å². The van der Waals surface area contributed by atoms with Crippen molar-refractivity contribution in [1.29, 1.82) is 0 Å². The van der Waals surface area contributed by atoms with E-state index in [1.807, 2.05) is 0 Å². The molecule has 3 fully saturated rings. The Morgan fingerprint density at radius 1 is 0.554 bits per heavy atom. The lowest BCUT2D eigenvalue weighted by atomic mass is 9.65. The molecule has 2 bridgehead atoms. The molecule has 3 aliphatic rings. The van der Waals surface area contributed by atoms with Gasteiger partial charge in [0.15, 0.2) is 0 Å². The number of fused-ring (bicyclic) bond motifs is 2. The molecular formula is C31H32F18O7. The second-order valence-corrected chi connectivity index (χ2v) is 14.3. The zero-order valence-corrected chi connectivity index (χ0v) is 28.6. The third kappa shape index (κ3) is 8.44. The summed E-state index contributed by atoms with van der Waals surface area (Å²) in [6.45, 7) is 8.22. The van der Waals surface area contributed by atoms with Crippen LogP contribution in [0.1, 0.15) is 58.8 Å². The summed E-state index contributed by atoms with van der Waals surface area (Å²) >= 11 is 0. The molecule has 7 nitrogen and oxygen atoms in total. The van der Waals surface area contributed by atoms with E-state index in [9.17, 15) is 93.7 Å². The average molecular weight is 859 g/mol. The van der Waals surface area contributed by atoms with Gasteiger partial charge in [0.05, 0.1) is 0 Å². The Balaban J connectivity index is 2.20. The number of carbonyl (C=O) groups excluding carboxylic acids is 2. The van der Waals surface area contributed by atoms with Gasteiger partial charge in [0.1, 0.15) is 12.2 Å². The van der Waals surface area contributed by atoms with Crippen molar-refractivity contribution in [2.75, 3.05) is 0 Å². The van der Waals surface area contributed by atoms with Gasteiger partial charge in [-0.15, -0.1) is 0 Å². The number of carbonyl (C=O) groups is 2. The van der Waals surface area contributed by atoms with Crippen molar-refractivity contribution in [3.8, 4) is 0 Å². The van der Waals surface area contributed by atoms with Crippen LogP contribution in [0.3, 0.4) is 0 Å². The highest BCUT2D eigenvalue weighted by Gasteiger charge is 2.82. The topological polar surface area (TPSA) is 91.3 Å². The van der Waals surface area contributed by atoms with Gasteiger partial charge in [-0.25, -0.2) is 19.4 Å². The SMILES string of the molecule is C=C(C)C(=O)OC1CC(C(O)(C(F)(F)F)C(F)(F)F)CC(C(OOC(CC2CC3CC2CC3OC(=O)C(=C)C)(C(F)(F)F)C(F)(F)F)(C(F)(F)F)C(F)(F)F)C1. The number of ether oxygens (including phenoxy) is 2. The van der Waals surface area contributed by atoms with Crippen molar-refractivity contribution in [2.24, 2.45) is 29.6 Å². The van der Waals surface area contributed by atoms with Crippen LogP contribution >= 0.6 is 0 Å². The molecule has 7 atom stereocenters. The molecule has 7 unspecified atom stereocenters. The molecule has 0 radical (unpaired) electrons. The Bertz CT molecular complexity index is 1450. The van der Waals surface area contributed by atoms with E-state index < -0.39 is 152 Å². The molecule has 0 amide bonds. The minimum atomic E-state index is -7.37. The molecule has 3 saturated carbocycles. The standard InChI is InChI=1S/C31H32F18O7/c1-12(2)21(50)53-19-9-17(24(52,28(38,39)40)29(41,42)43)8-18(10-19)25(30(44,45)46,31(47,48)49)56-55-23(26(32,33)34,27(35,36)37)11-16-6-15-5-14(16)7-20(15)54-22(51)13(3)4/h14-20,52H,1,3,5-11H2,2,4H3. The van der Waals surface area contributed by atoms with Crippen molar-refractivity contribution >= 4 is 11.9 Å². The van der Waals surface area contributed by atoms with Gasteiger partial charge in [0, 0.05) is 29.4 Å². The molecule has 1 N–H and O–H groups in total. The van der Waals surface area contributed by atoms with Gasteiger partial charge in [-0.1, -0.05) is 13.2 Å². The maximum Gasteiger partial charge on any atom is 0.429 e. The Morgan fingerprint density at radius 3 is 1.38 bits per heavy atom. The van der Waals surface area contributed by atoms with Gasteiger partial charge >= 0.3 is 49.0 Å². The highest BCUT2D eigenvalue weighted by Crippen LogP contribution is 2.62. The van der Waals surface area contributed by atoms with Gasteiger partial charge in [0.25, 0.3) is 16.8 Å². The monoisotopic (exact) mass is 858 g/mol. The van der Waals surface area contributed by atoms with E-state index in [4.69, 9.17) is 4.74 Å². The van der Waals surface area contributed by atoms with Crippen LogP contribution < -0.4 is 0 Å². The molecule has 3 rings (SSSR count). The summed E-state index contributed by atoms with van der Waals surface area (Å²) in [5, 5.41) is 9.96. The van der Waals surface area contributed by atoms with Crippen molar-refractivity contribution in [1.82, 2.24) is 0 Å². The second-order valence-electron chi connectivity index (χ2n) is 14.3. The third-order valence-corrected chi connectivity index (χ3v) is 10.5. The molecule has 0 saturated heterocycles.